The molecule has 0 spiro atoms. The average molecular weight is 359 g/mol. The van der Waals surface area contributed by atoms with Gasteiger partial charge >= 0.3 is 6.03 Å². The Hall–Kier alpha value is -2.41. The molecule has 0 unspecified atom stereocenters. The lowest BCUT2D eigenvalue weighted by molar-refractivity contribution is -0.886. The van der Waals surface area contributed by atoms with Crippen LogP contribution >= 0.6 is 0 Å². The van der Waals surface area contributed by atoms with Crippen molar-refractivity contribution in [1.82, 2.24) is 15.1 Å². The van der Waals surface area contributed by atoms with Crippen LogP contribution in [0.15, 0.2) is 35.5 Å². The summed E-state index contributed by atoms with van der Waals surface area (Å²) in [6, 6.07) is 5.20. The molecular formula is C19H24FN4O2+. The van der Waals surface area contributed by atoms with Crippen molar-refractivity contribution < 1.29 is 18.9 Å². The van der Waals surface area contributed by atoms with Gasteiger partial charge in [0.25, 0.3) is 5.91 Å². The molecule has 1 atom stereocenters. The summed E-state index contributed by atoms with van der Waals surface area (Å²) in [5.74, 6) is -0.366. The van der Waals surface area contributed by atoms with Gasteiger partial charge in [-0.2, -0.15) is 0 Å². The zero-order valence-electron chi connectivity index (χ0n) is 14.9. The van der Waals surface area contributed by atoms with Crippen LogP contribution in [0.4, 0.5) is 9.18 Å². The number of carbonyl (C=O) groups excluding carboxylic acids is 2. The first kappa shape index (κ1) is 17.0. The van der Waals surface area contributed by atoms with Gasteiger partial charge in [0.2, 0.25) is 0 Å². The molecule has 0 aromatic heterocycles. The number of carbonyl (C=O) groups is 2. The third-order valence-electron chi connectivity index (χ3n) is 5.68. The molecule has 138 valence electrons. The molecule has 1 saturated heterocycles. The number of rotatable bonds is 4. The quantitative estimate of drug-likeness (QED) is 0.812. The molecule has 3 aliphatic heterocycles. The van der Waals surface area contributed by atoms with Gasteiger partial charge in [-0.1, -0.05) is 12.1 Å². The molecule has 1 aromatic carbocycles. The predicted molar refractivity (Wildman–Crippen MR) is 93.8 cm³/mol. The van der Waals surface area contributed by atoms with Crippen LogP contribution in [0.5, 0.6) is 0 Å². The van der Waals surface area contributed by atoms with E-state index in [9.17, 15) is 14.0 Å². The van der Waals surface area contributed by atoms with Crippen LogP contribution in [0.25, 0.3) is 0 Å². The van der Waals surface area contributed by atoms with Crippen molar-refractivity contribution in [1.29, 1.82) is 0 Å². The van der Waals surface area contributed by atoms with Crippen LogP contribution in [0.3, 0.4) is 0 Å². The van der Waals surface area contributed by atoms with E-state index in [1.54, 1.807) is 24.1 Å². The maximum absolute atomic E-state index is 13.3. The second kappa shape index (κ2) is 6.72. The van der Waals surface area contributed by atoms with E-state index in [0.717, 1.165) is 17.8 Å². The lowest BCUT2D eigenvalue weighted by atomic mass is 9.96. The average Bonchev–Trinajstić information content (AvgIpc) is 3.26. The SMILES string of the molecule is CN1C(=O)N[C@@H](c2ccc(F)cc2)C2=C1CN(CC[NH+]1CCCC1)C2=O. The third-order valence-corrected chi connectivity index (χ3v) is 5.68. The summed E-state index contributed by atoms with van der Waals surface area (Å²) < 4.78 is 13.3. The molecule has 3 heterocycles. The van der Waals surface area contributed by atoms with Crippen molar-refractivity contribution in [3.8, 4) is 0 Å². The molecule has 0 radical (unpaired) electrons. The van der Waals surface area contributed by atoms with E-state index < -0.39 is 6.04 Å². The first-order valence-electron chi connectivity index (χ1n) is 9.20. The standard InChI is InChI=1S/C19H23FN4O2/c1-22-15-12-24(11-10-23-8-2-3-9-23)18(25)16(15)17(21-19(22)26)13-4-6-14(20)7-5-13/h4-7,17H,2-3,8-12H2,1H3,(H,21,26)/p+1/t17-/m0/s1. The molecular weight excluding hydrogens is 335 g/mol. The molecule has 26 heavy (non-hydrogen) atoms. The van der Waals surface area contributed by atoms with Crippen LogP contribution < -0.4 is 10.2 Å². The molecule has 0 aliphatic carbocycles. The molecule has 1 fully saturated rings. The summed E-state index contributed by atoms with van der Waals surface area (Å²) in [7, 11) is 1.69. The zero-order chi connectivity index (χ0) is 18.3. The number of nitrogens with zero attached hydrogens (tertiary/aromatic N) is 2. The van der Waals surface area contributed by atoms with E-state index in [2.05, 4.69) is 5.32 Å². The van der Waals surface area contributed by atoms with E-state index in [1.807, 2.05) is 4.90 Å². The van der Waals surface area contributed by atoms with E-state index in [4.69, 9.17) is 0 Å². The summed E-state index contributed by atoms with van der Waals surface area (Å²) in [4.78, 5) is 30.3. The van der Waals surface area contributed by atoms with Gasteiger partial charge in [-0.05, 0) is 17.7 Å². The van der Waals surface area contributed by atoms with Gasteiger partial charge in [-0.3, -0.25) is 9.69 Å². The second-order valence-corrected chi connectivity index (χ2v) is 7.29. The Kier molecular flexibility index (Phi) is 4.40. The maximum atomic E-state index is 13.3. The monoisotopic (exact) mass is 359 g/mol. The molecule has 1 aromatic rings. The fourth-order valence-electron chi connectivity index (χ4n) is 4.13. The van der Waals surface area contributed by atoms with Crippen molar-refractivity contribution >= 4 is 11.9 Å². The number of likely N-dealkylation sites (tertiary alicyclic amines) is 1. The van der Waals surface area contributed by atoms with Gasteiger partial charge < -0.3 is 15.1 Å². The summed E-state index contributed by atoms with van der Waals surface area (Å²) in [5, 5.41) is 2.88. The minimum absolute atomic E-state index is 0.0280. The highest BCUT2D eigenvalue weighted by Crippen LogP contribution is 2.35. The van der Waals surface area contributed by atoms with Crippen LogP contribution in [0, 0.1) is 5.82 Å². The number of hydrogen-bond acceptors (Lipinski definition) is 2. The largest absolute Gasteiger partial charge is 0.333 e. The van der Waals surface area contributed by atoms with E-state index in [0.29, 0.717) is 18.7 Å². The highest BCUT2D eigenvalue weighted by Gasteiger charge is 2.43. The highest BCUT2D eigenvalue weighted by molar-refractivity contribution is 6.01. The van der Waals surface area contributed by atoms with Gasteiger partial charge in [-0.15, -0.1) is 0 Å². The lowest BCUT2D eigenvalue weighted by Crippen LogP contribution is -3.10. The van der Waals surface area contributed by atoms with Gasteiger partial charge in [0.15, 0.2) is 0 Å². The number of likely N-dealkylation sites (N-methyl/N-ethyl adjacent to an activating group) is 1. The summed E-state index contributed by atoms with van der Waals surface area (Å²) >= 11 is 0. The minimum Gasteiger partial charge on any atom is -0.333 e. The number of hydrogen-bond donors (Lipinski definition) is 2. The predicted octanol–water partition coefficient (Wildman–Crippen LogP) is 0.297. The molecule has 2 N–H and O–H groups in total. The van der Waals surface area contributed by atoms with Crippen LogP contribution in [-0.4, -0.2) is 61.5 Å². The van der Waals surface area contributed by atoms with E-state index >= 15 is 0 Å². The maximum Gasteiger partial charge on any atom is 0.322 e. The number of amides is 3. The number of urea groups is 1. The molecule has 0 saturated carbocycles. The lowest BCUT2D eigenvalue weighted by Gasteiger charge is -2.31. The topological polar surface area (TPSA) is 57.1 Å². The van der Waals surface area contributed by atoms with Gasteiger partial charge in [-0.25, -0.2) is 9.18 Å². The first-order chi connectivity index (χ1) is 12.5. The minimum atomic E-state index is -0.522. The zero-order valence-corrected chi connectivity index (χ0v) is 14.9. The molecule has 7 heteroatoms. The van der Waals surface area contributed by atoms with Gasteiger partial charge in [0.1, 0.15) is 5.82 Å². The van der Waals surface area contributed by atoms with Crippen LogP contribution in [0.1, 0.15) is 24.4 Å². The van der Waals surface area contributed by atoms with E-state index in [1.165, 1.54) is 43.0 Å². The number of nitrogens with one attached hydrogen (secondary N) is 2. The Labute approximate surface area is 152 Å². The fraction of sp³-hybridized carbons (Fsp3) is 0.474. The number of benzene rings is 1. The van der Waals surface area contributed by atoms with Crippen LogP contribution in [-0.2, 0) is 4.79 Å². The van der Waals surface area contributed by atoms with Gasteiger partial charge in [0.05, 0.1) is 50.0 Å². The van der Waals surface area contributed by atoms with Crippen molar-refractivity contribution in [3.63, 3.8) is 0 Å². The Morgan fingerprint density at radius 2 is 1.88 bits per heavy atom. The summed E-state index contributed by atoms with van der Waals surface area (Å²) in [5.41, 5.74) is 2.08. The smallest absolute Gasteiger partial charge is 0.322 e. The van der Waals surface area contributed by atoms with Crippen LogP contribution in [0.2, 0.25) is 0 Å². The molecule has 4 rings (SSSR count). The Balaban J connectivity index is 1.57. The van der Waals surface area contributed by atoms with Gasteiger partial charge in [0, 0.05) is 19.9 Å². The van der Waals surface area contributed by atoms with Crippen molar-refractivity contribution in [2.24, 2.45) is 0 Å². The Bertz CT molecular complexity index is 755. The highest BCUT2D eigenvalue weighted by atomic mass is 19.1. The summed E-state index contributed by atoms with van der Waals surface area (Å²) in [6.45, 7) is 4.45. The second-order valence-electron chi connectivity index (χ2n) is 7.29. The fourth-order valence-corrected chi connectivity index (χ4v) is 4.13. The van der Waals surface area contributed by atoms with Crippen molar-refractivity contribution in [2.75, 3.05) is 39.8 Å². The molecule has 6 nitrogen and oxygen atoms in total. The Morgan fingerprint density at radius 1 is 1.19 bits per heavy atom. The number of quaternary nitrogens is 1. The van der Waals surface area contributed by atoms with E-state index in [-0.39, 0.29) is 17.8 Å². The number of halogens is 1. The molecule has 3 amide bonds. The molecule has 3 aliphatic rings. The normalized spacial score (nSPS) is 23.7. The summed E-state index contributed by atoms with van der Waals surface area (Å²) in [6.07, 6.45) is 2.51. The first-order valence-corrected chi connectivity index (χ1v) is 9.20. The third kappa shape index (κ3) is 2.96. The van der Waals surface area contributed by atoms with Crippen molar-refractivity contribution in [3.05, 3.63) is 46.9 Å². The van der Waals surface area contributed by atoms with Crippen molar-refractivity contribution in [2.45, 2.75) is 18.9 Å². The molecule has 0 bridgehead atoms. The Morgan fingerprint density at radius 3 is 2.58 bits per heavy atom.